The molecule has 5 heterocycles. The highest BCUT2D eigenvalue weighted by atomic mass is 16.8. The van der Waals surface area contributed by atoms with Crippen molar-refractivity contribution in [3.63, 3.8) is 0 Å². The fourth-order valence-electron chi connectivity index (χ4n) is 13.1. The number of ether oxygens (including phenoxy) is 5. The maximum Gasteiger partial charge on any atom is 0.178 e. The molecule has 1 spiro atoms. The highest BCUT2D eigenvalue weighted by Gasteiger charge is 2.87. The first-order valence-electron chi connectivity index (χ1n) is 19.0. The van der Waals surface area contributed by atoms with Gasteiger partial charge < -0.3 is 33.8 Å². The lowest BCUT2D eigenvalue weighted by molar-refractivity contribution is -0.343. The van der Waals surface area contributed by atoms with E-state index >= 15 is 0 Å². The maximum absolute atomic E-state index is 13.5. The Bertz CT molecular complexity index is 1880. The van der Waals surface area contributed by atoms with Crippen molar-refractivity contribution in [2.75, 3.05) is 0 Å². The van der Waals surface area contributed by atoms with Crippen LogP contribution >= 0.6 is 0 Å². The Morgan fingerprint density at radius 3 is 2.41 bits per heavy atom. The molecule has 1 aromatic heterocycles. The number of epoxide rings is 1. The van der Waals surface area contributed by atoms with Gasteiger partial charge in [0.1, 0.15) is 23.9 Å². The Balaban J connectivity index is 1.06. The van der Waals surface area contributed by atoms with E-state index in [0.29, 0.717) is 18.3 Å². The highest BCUT2D eigenvalue weighted by Crippen LogP contribution is 2.75. The van der Waals surface area contributed by atoms with Crippen LogP contribution in [0.15, 0.2) is 29.4 Å². The number of benzene rings is 1. The lowest BCUT2D eigenvalue weighted by atomic mass is 9.40. The Morgan fingerprint density at radius 2 is 1.65 bits per heavy atom. The quantitative estimate of drug-likeness (QED) is 0.242. The molecule has 4 aliphatic carbocycles. The van der Waals surface area contributed by atoms with Gasteiger partial charge in [-0.3, -0.25) is 0 Å². The van der Waals surface area contributed by atoms with Gasteiger partial charge in [0.05, 0.1) is 22.9 Å². The lowest BCUT2D eigenvalue weighted by Crippen LogP contribution is -2.77. The standard InChI is InChI=1S/C42H55NO6/c1-21(2)17-30-46-32-34(38(7,8)47-30)45-29-14-15-39(9)40(10)23(13-16-41(39,44)42(29)35(32)48-42)19-25-31-24-20-27-26(36(3,4)49-37(27,5)6)18-22(24)11-12-28(31)43-33(25)40/h11-12,17-18,23,27,29-30,32,34-35,43-44H,13-16,19-20H2,1-10H3/t23?,27?,29?,30-,32+,34-,35+,39+,40+,41-,42-/m0/s1. The second-order valence-electron chi connectivity index (χ2n) is 19.3. The second-order valence-corrected chi connectivity index (χ2v) is 19.3. The molecule has 10 rings (SSSR count). The van der Waals surface area contributed by atoms with Crippen LogP contribution in [-0.4, -0.2) is 68.8 Å². The number of nitrogens with one attached hydrogen (secondary N) is 1. The summed E-state index contributed by atoms with van der Waals surface area (Å²) in [6.45, 7) is 22.2. The monoisotopic (exact) mass is 669 g/mol. The van der Waals surface area contributed by atoms with Crippen molar-refractivity contribution in [1.82, 2.24) is 4.98 Å². The number of aromatic nitrogens is 1. The average molecular weight is 670 g/mol. The van der Waals surface area contributed by atoms with E-state index in [1.165, 1.54) is 38.9 Å². The summed E-state index contributed by atoms with van der Waals surface area (Å²) in [5, 5.41) is 14.9. The van der Waals surface area contributed by atoms with Crippen LogP contribution in [0.1, 0.15) is 117 Å². The van der Waals surface area contributed by atoms with E-state index in [1.54, 1.807) is 0 Å². The van der Waals surface area contributed by atoms with E-state index < -0.39 is 28.5 Å². The summed E-state index contributed by atoms with van der Waals surface area (Å²) >= 11 is 0. The Labute approximate surface area is 291 Å². The van der Waals surface area contributed by atoms with Crippen molar-refractivity contribution in [3.05, 3.63) is 51.7 Å². The molecule has 0 radical (unpaired) electrons. The first-order chi connectivity index (χ1) is 22.9. The first-order valence-corrected chi connectivity index (χ1v) is 19.0. The number of rotatable bonds is 1. The van der Waals surface area contributed by atoms with E-state index in [4.69, 9.17) is 23.7 Å². The summed E-state index contributed by atoms with van der Waals surface area (Å²) in [7, 11) is 0. The molecule has 7 heteroatoms. The van der Waals surface area contributed by atoms with Crippen LogP contribution in [0.3, 0.4) is 0 Å². The smallest absolute Gasteiger partial charge is 0.178 e. The van der Waals surface area contributed by atoms with Crippen LogP contribution in [0.2, 0.25) is 0 Å². The summed E-state index contributed by atoms with van der Waals surface area (Å²) in [4.78, 5) is 4.03. The number of hydrogen-bond acceptors (Lipinski definition) is 6. The van der Waals surface area contributed by atoms with Crippen molar-refractivity contribution >= 4 is 17.0 Å². The summed E-state index contributed by atoms with van der Waals surface area (Å²) < 4.78 is 33.6. The van der Waals surface area contributed by atoms with E-state index in [2.05, 4.69) is 92.4 Å². The highest BCUT2D eigenvalue weighted by molar-refractivity contribution is 5.93. The van der Waals surface area contributed by atoms with Gasteiger partial charge in [-0.1, -0.05) is 31.6 Å². The molecule has 4 aliphatic heterocycles. The molecule has 6 fully saturated rings. The van der Waals surface area contributed by atoms with Gasteiger partial charge in [0.2, 0.25) is 0 Å². The van der Waals surface area contributed by atoms with Crippen LogP contribution in [0, 0.1) is 17.3 Å². The second kappa shape index (κ2) is 9.13. The van der Waals surface area contributed by atoms with Gasteiger partial charge in [0, 0.05) is 33.3 Å². The predicted molar refractivity (Wildman–Crippen MR) is 188 cm³/mol. The number of allylic oxidation sites excluding steroid dienone is 1. The normalized spacial score (nSPS) is 47.3. The SMILES string of the molecule is CC(C)=C[C@H]1O[C@H]2[C@H]3O[C@@]34C(CC[C@@]3(C)[C@@]4(O)CCC4Cc5c([nH]c6ccc7c(c56)CC5C(=C7)C(C)(C)OC5(C)C)[C@@]43C)O[C@@H]2C(C)(C)O1. The van der Waals surface area contributed by atoms with Gasteiger partial charge >= 0.3 is 0 Å². The van der Waals surface area contributed by atoms with Crippen LogP contribution in [0.5, 0.6) is 0 Å². The predicted octanol–water partition coefficient (Wildman–Crippen LogP) is 7.46. The Hall–Kier alpha value is -2.00. The Morgan fingerprint density at radius 1 is 0.878 bits per heavy atom. The zero-order chi connectivity index (χ0) is 34.5. The third-order valence-electron chi connectivity index (χ3n) is 15.6. The molecular weight excluding hydrogens is 614 g/mol. The molecule has 2 N–H and O–H groups in total. The number of H-pyrrole nitrogens is 1. The molecule has 2 aromatic rings. The van der Waals surface area contributed by atoms with Crippen molar-refractivity contribution in [1.29, 1.82) is 0 Å². The number of aromatic amines is 1. The van der Waals surface area contributed by atoms with Crippen molar-refractivity contribution < 1.29 is 28.8 Å². The topological polar surface area (TPSA) is 85.5 Å². The zero-order valence-corrected chi connectivity index (χ0v) is 31.1. The molecule has 7 nitrogen and oxygen atoms in total. The average Bonchev–Trinajstić information content (AvgIpc) is 3.51. The first kappa shape index (κ1) is 31.7. The molecule has 4 saturated heterocycles. The third-order valence-corrected chi connectivity index (χ3v) is 15.6. The minimum atomic E-state index is -1.06. The summed E-state index contributed by atoms with van der Waals surface area (Å²) in [6.07, 6.45) is 8.46. The van der Waals surface area contributed by atoms with Crippen LogP contribution in [-0.2, 0) is 41.9 Å². The lowest BCUT2D eigenvalue weighted by Gasteiger charge is -2.66. The van der Waals surface area contributed by atoms with Crippen LogP contribution in [0.4, 0.5) is 0 Å². The van der Waals surface area contributed by atoms with Crippen molar-refractivity contribution in [2.24, 2.45) is 17.3 Å². The number of hydrogen-bond donors (Lipinski definition) is 2. The van der Waals surface area contributed by atoms with Gasteiger partial charge in [-0.05, 0) is 134 Å². The molecule has 11 atom stereocenters. The number of aliphatic hydroxyl groups is 1. The molecule has 1 aromatic carbocycles. The maximum atomic E-state index is 13.5. The van der Waals surface area contributed by atoms with Crippen LogP contribution < -0.4 is 0 Å². The minimum Gasteiger partial charge on any atom is -0.386 e. The molecule has 0 bridgehead atoms. The largest absolute Gasteiger partial charge is 0.386 e. The van der Waals surface area contributed by atoms with Crippen molar-refractivity contribution in [3.8, 4) is 0 Å². The van der Waals surface area contributed by atoms with Crippen LogP contribution in [0.25, 0.3) is 17.0 Å². The van der Waals surface area contributed by atoms with Crippen molar-refractivity contribution in [2.45, 2.75) is 172 Å². The molecule has 2 saturated carbocycles. The molecular formula is C42H55NO6. The van der Waals surface area contributed by atoms with E-state index in [9.17, 15) is 5.11 Å². The van der Waals surface area contributed by atoms with Gasteiger partial charge in [-0.15, -0.1) is 0 Å². The molecule has 3 unspecified atom stereocenters. The minimum absolute atomic E-state index is 0.193. The molecule has 264 valence electrons. The van der Waals surface area contributed by atoms with Gasteiger partial charge in [-0.2, -0.15) is 0 Å². The van der Waals surface area contributed by atoms with E-state index in [-0.39, 0.29) is 41.0 Å². The van der Waals surface area contributed by atoms with Gasteiger partial charge in [-0.25, -0.2) is 0 Å². The Kier molecular flexibility index (Phi) is 5.91. The molecule has 8 aliphatic rings. The molecule has 0 amide bonds. The third kappa shape index (κ3) is 3.57. The fraction of sp³-hybridized carbons (Fsp3) is 0.714. The van der Waals surface area contributed by atoms with Gasteiger partial charge in [0.25, 0.3) is 0 Å². The zero-order valence-electron chi connectivity index (χ0n) is 31.1. The van der Waals surface area contributed by atoms with E-state index in [1.807, 2.05) is 6.08 Å². The van der Waals surface area contributed by atoms with Gasteiger partial charge in [0.15, 0.2) is 11.9 Å². The number of fused-ring (bicyclic) bond motifs is 12. The summed E-state index contributed by atoms with van der Waals surface area (Å²) in [6, 6.07) is 4.61. The van der Waals surface area contributed by atoms with E-state index in [0.717, 1.165) is 37.7 Å². The summed E-state index contributed by atoms with van der Waals surface area (Å²) in [5.41, 5.74) is 5.89. The summed E-state index contributed by atoms with van der Waals surface area (Å²) in [5.74, 6) is 0.803. The molecule has 49 heavy (non-hydrogen) atoms. The fourth-order valence-corrected chi connectivity index (χ4v) is 13.1.